The smallest absolute Gasteiger partial charge is 0.167 e. The van der Waals surface area contributed by atoms with Crippen LogP contribution in [0.1, 0.15) is 5.56 Å². The van der Waals surface area contributed by atoms with Gasteiger partial charge in [0.25, 0.3) is 0 Å². The molecule has 0 aromatic heterocycles. The first-order valence-corrected chi connectivity index (χ1v) is 2.87. The Bertz CT molecular complexity index is 286. The quantitative estimate of drug-likeness (QED) is 0.376. The minimum atomic E-state index is -1.01. The van der Waals surface area contributed by atoms with Crippen molar-refractivity contribution in [3.63, 3.8) is 0 Å². The summed E-state index contributed by atoms with van der Waals surface area (Å²) in [4.78, 5) is 0. The third-order valence-corrected chi connectivity index (χ3v) is 1.18. The van der Waals surface area contributed by atoms with Crippen LogP contribution in [0.5, 0.6) is 0 Å². The Labute approximate surface area is 61.8 Å². The maximum absolute atomic E-state index is 12.6. The lowest BCUT2D eigenvalue weighted by Gasteiger charge is -1.94. The van der Waals surface area contributed by atoms with Gasteiger partial charge in [0.2, 0.25) is 0 Å². The highest BCUT2D eigenvalue weighted by molar-refractivity contribution is 5.79. The predicted molar refractivity (Wildman–Crippen MR) is 35.7 cm³/mol. The highest BCUT2D eigenvalue weighted by atomic mass is 19.2. The van der Waals surface area contributed by atoms with Crippen molar-refractivity contribution in [1.29, 1.82) is 0 Å². The lowest BCUT2D eigenvalue weighted by Crippen LogP contribution is -1.91. The van der Waals surface area contributed by atoms with Crippen molar-refractivity contribution < 1.29 is 14.0 Å². The Kier molecular flexibility index (Phi) is 2.15. The Morgan fingerprint density at radius 1 is 1.36 bits per heavy atom. The molecule has 2 nitrogen and oxygen atoms in total. The van der Waals surface area contributed by atoms with E-state index in [1.165, 1.54) is 12.1 Å². The third kappa shape index (κ3) is 1.52. The largest absolute Gasteiger partial charge is 0.411 e. The van der Waals surface area contributed by atoms with E-state index in [1.807, 2.05) is 0 Å². The molecule has 0 spiro atoms. The number of hydrogen-bond acceptors (Lipinski definition) is 2. The summed E-state index contributed by atoms with van der Waals surface area (Å²) in [7, 11) is 0. The molecule has 4 heteroatoms. The second kappa shape index (κ2) is 3.09. The van der Waals surface area contributed by atoms with Gasteiger partial charge in [0.1, 0.15) is 0 Å². The second-order valence-electron chi connectivity index (χ2n) is 1.89. The molecule has 0 amide bonds. The maximum Gasteiger partial charge on any atom is 0.167 e. The summed E-state index contributed by atoms with van der Waals surface area (Å²) in [5, 5.41) is 10.6. The van der Waals surface area contributed by atoms with E-state index in [0.29, 0.717) is 0 Å². The summed E-state index contributed by atoms with van der Waals surface area (Å²) in [6, 6.07) is 3.62. The second-order valence-corrected chi connectivity index (χ2v) is 1.89. The molecule has 0 aliphatic heterocycles. The molecule has 0 atom stereocenters. The van der Waals surface area contributed by atoms with Gasteiger partial charge < -0.3 is 5.21 Å². The molecular weight excluding hydrogens is 152 g/mol. The fraction of sp³-hybridized carbons (Fsp3) is 0. The average molecular weight is 157 g/mol. The van der Waals surface area contributed by atoms with E-state index >= 15 is 0 Å². The first-order valence-electron chi connectivity index (χ1n) is 2.87. The molecule has 1 rings (SSSR count). The molecule has 1 aromatic carbocycles. The Morgan fingerprint density at radius 3 is 2.73 bits per heavy atom. The van der Waals surface area contributed by atoms with E-state index in [9.17, 15) is 8.78 Å². The molecule has 0 heterocycles. The van der Waals surface area contributed by atoms with Crippen LogP contribution in [0.3, 0.4) is 0 Å². The number of oxime groups is 1. The molecule has 0 radical (unpaired) electrons. The van der Waals surface area contributed by atoms with Crippen LogP contribution < -0.4 is 0 Å². The molecule has 11 heavy (non-hydrogen) atoms. The summed E-state index contributed by atoms with van der Waals surface area (Å²) in [5.74, 6) is -1.97. The van der Waals surface area contributed by atoms with Crippen molar-refractivity contribution in [1.82, 2.24) is 0 Å². The molecule has 1 N–H and O–H groups in total. The summed E-state index contributed by atoms with van der Waals surface area (Å²) >= 11 is 0. The van der Waals surface area contributed by atoms with Crippen molar-refractivity contribution in [2.45, 2.75) is 0 Å². The Morgan fingerprint density at radius 2 is 2.09 bits per heavy atom. The number of benzene rings is 1. The molecule has 0 aliphatic carbocycles. The molecule has 0 saturated heterocycles. The molecule has 58 valence electrons. The van der Waals surface area contributed by atoms with Crippen LogP contribution in [0.2, 0.25) is 0 Å². The first-order chi connectivity index (χ1) is 5.25. The van der Waals surface area contributed by atoms with Gasteiger partial charge in [-0.05, 0) is 6.07 Å². The van der Waals surface area contributed by atoms with Gasteiger partial charge >= 0.3 is 0 Å². The Balaban J connectivity index is 3.16. The van der Waals surface area contributed by atoms with E-state index in [0.717, 1.165) is 12.3 Å². The van der Waals surface area contributed by atoms with Gasteiger partial charge in [-0.25, -0.2) is 8.78 Å². The molecule has 0 aliphatic rings. The van der Waals surface area contributed by atoms with Crippen molar-refractivity contribution in [3.05, 3.63) is 35.4 Å². The third-order valence-electron chi connectivity index (χ3n) is 1.18. The van der Waals surface area contributed by atoms with Gasteiger partial charge in [0.05, 0.1) is 6.21 Å². The highest BCUT2D eigenvalue weighted by Gasteiger charge is 2.04. The van der Waals surface area contributed by atoms with Gasteiger partial charge in [-0.1, -0.05) is 17.3 Å². The number of hydrogen-bond donors (Lipinski definition) is 1. The minimum absolute atomic E-state index is 0.0764. The number of nitrogens with zero attached hydrogens (tertiary/aromatic N) is 1. The fourth-order valence-corrected chi connectivity index (χ4v) is 0.682. The average Bonchev–Trinajstić information content (AvgIpc) is 1.99. The van der Waals surface area contributed by atoms with Crippen LogP contribution in [0, 0.1) is 11.6 Å². The van der Waals surface area contributed by atoms with Crippen molar-refractivity contribution >= 4 is 6.21 Å². The summed E-state index contributed by atoms with van der Waals surface area (Å²) in [6.07, 6.45) is 0.832. The monoisotopic (exact) mass is 157 g/mol. The van der Waals surface area contributed by atoms with Crippen molar-refractivity contribution in [2.75, 3.05) is 0 Å². The van der Waals surface area contributed by atoms with Crippen LogP contribution in [0.25, 0.3) is 0 Å². The van der Waals surface area contributed by atoms with Crippen LogP contribution >= 0.6 is 0 Å². The fourth-order valence-electron chi connectivity index (χ4n) is 0.682. The van der Waals surface area contributed by atoms with Crippen LogP contribution in [0.4, 0.5) is 8.78 Å². The van der Waals surface area contributed by atoms with E-state index in [2.05, 4.69) is 5.16 Å². The summed E-state index contributed by atoms with van der Waals surface area (Å²) < 4.78 is 25.0. The van der Waals surface area contributed by atoms with Gasteiger partial charge in [-0.2, -0.15) is 0 Å². The standard InChI is InChI=1S/C7H5F2NO/c8-6-3-1-2-5(4-10-11)7(6)9/h1-4,11H/b10-4-. The van der Waals surface area contributed by atoms with Crippen LogP contribution in [-0.4, -0.2) is 11.4 Å². The molecule has 1 aromatic rings. The normalized spacial score (nSPS) is 10.7. The lowest BCUT2D eigenvalue weighted by molar-refractivity contribution is 0.321. The zero-order valence-electron chi connectivity index (χ0n) is 5.46. The SMILES string of the molecule is O/N=C\c1cccc(F)c1F. The Hall–Kier alpha value is -1.45. The zero-order valence-corrected chi connectivity index (χ0v) is 5.46. The van der Waals surface area contributed by atoms with E-state index in [4.69, 9.17) is 5.21 Å². The topological polar surface area (TPSA) is 32.6 Å². The van der Waals surface area contributed by atoms with Crippen LogP contribution in [-0.2, 0) is 0 Å². The molecule has 0 bridgehead atoms. The van der Waals surface area contributed by atoms with Crippen molar-refractivity contribution in [3.8, 4) is 0 Å². The van der Waals surface area contributed by atoms with Gasteiger partial charge in [-0.3, -0.25) is 0 Å². The number of halogens is 2. The highest BCUT2D eigenvalue weighted by Crippen LogP contribution is 2.08. The van der Waals surface area contributed by atoms with Gasteiger partial charge in [-0.15, -0.1) is 0 Å². The van der Waals surface area contributed by atoms with Crippen molar-refractivity contribution in [2.24, 2.45) is 5.16 Å². The lowest BCUT2D eigenvalue weighted by atomic mass is 10.2. The number of rotatable bonds is 1. The van der Waals surface area contributed by atoms with Gasteiger partial charge in [0.15, 0.2) is 11.6 Å². The zero-order chi connectivity index (χ0) is 8.27. The molecule has 0 fully saturated rings. The van der Waals surface area contributed by atoms with Gasteiger partial charge in [0, 0.05) is 5.56 Å². The molecule has 0 saturated carbocycles. The van der Waals surface area contributed by atoms with E-state index in [-0.39, 0.29) is 5.56 Å². The maximum atomic E-state index is 12.6. The first kappa shape index (κ1) is 7.65. The van der Waals surface area contributed by atoms with Crippen LogP contribution in [0.15, 0.2) is 23.4 Å². The summed E-state index contributed by atoms with van der Waals surface area (Å²) in [5.41, 5.74) is -0.0764. The molecule has 0 unspecified atom stereocenters. The predicted octanol–water partition coefficient (Wildman–Crippen LogP) is 1.77. The summed E-state index contributed by atoms with van der Waals surface area (Å²) in [6.45, 7) is 0. The van der Waals surface area contributed by atoms with E-state index in [1.54, 1.807) is 0 Å². The molecular formula is C7H5F2NO. The minimum Gasteiger partial charge on any atom is -0.411 e. The van der Waals surface area contributed by atoms with E-state index < -0.39 is 11.6 Å².